The molecule has 41 heavy (non-hydrogen) atoms. The van der Waals surface area contributed by atoms with E-state index in [4.69, 9.17) is 9.97 Å². The van der Waals surface area contributed by atoms with Crippen molar-refractivity contribution in [1.29, 1.82) is 0 Å². The normalized spacial score (nSPS) is 15.2. The topological polar surface area (TPSA) is 25.8 Å². The fourth-order valence-electron chi connectivity index (χ4n) is 6.81. The fourth-order valence-corrected chi connectivity index (χ4v) is 8.02. The first-order valence-corrected chi connectivity index (χ1v) is 15.1. The maximum Gasteiger partial charge on any atom is 0.161 e. The van der Waals surface area contributed by atoms with Crippen molar-refractivity contribution in [3.63, 3.8) is 0 Å². The van der Waals surface area contributed by atoms with Crippen molar-refractivity contribution in [2.24, 2.45) is 0 Å². The average molecular weight is 547 g/mol. The molecule has 0 atom stereocenters. The van der Waals surface area contributed by atoms with Gasteiger partial charge in [-0.05, 0) is 45.2 Å². The predicted octanol–water partition coefficient (Wildman–Crippen LogP) is 10.6. The lowest BCUT2D eigenvalue weighted by atomic mass is 9.55. The minimum absolute atomic E-state index is 0.0263. The highest BCUT2D eigenvalue weighted by Crippen LogP contribution is 2.55. The molecule has 2 heterocycles. The largest absolute Gasteiger partial charge is 0.228 e. The van der Waals surface area contributed by atoms with E-state index in [0.29, 0.717) is 0 Å². The number of para-hydroxylation sites is 1. The SMILES string of the molecule is CC1(C)c2ccccc2-c2c(-c3nc(-c4cccc5c4sc4ccccc45)c4ccccc4n3)cccc2C1(C)C. The summed E-state index contributed by atoms with van der Waals surface area (Å²) in [6.07, 6.45) is 0. The second kappa shape index (κ2) is 8.58. The van der Waals surface area contributed by atoms with Crippen LogP contribution in [0.15, 0.2) is 109 Å². The average Bonchev–Trinajstić information content (AvgIpc) is 3.38. The molecule has 198 valence electrons. The Hall–Kier alpha value is -4.34. The van der Waals surface area contributed by atoms with E-state index in [9.17, 15) is 0 Å². The molecule has 0 bridgehead atoms. The Morgan fingerprint density at radius 1 is 0.512 bits per heavy atom. The Morgan fingerprint density at radius 2 is 1.12 bits per heavy atom. The van der Waals surface area contributed by atoms with Crippen LogP contribution in [0.4, 0.5) is 0 Å². The van der Waals surface area contributed by atoms with E-state index in [2.05, 4.69) is 137 Å². The molecule has 1 aliphatic carbocycles. The zero-order valence-corrected chi connectivity index (χ0v) is 24.5. The molecule has 3 heteroatoms. The third-order valence-corrected chi connectivity index (χ3v) is 10.9. The number of rotatable bonds is 2. The summed E-state index contributed by atoms with van der Waals surface area (Å²) in [5.74, 6) is 0.777. The van der Waals surface area contributed by atoms with E-state index in [-0.39, 0.29) is 10.8 Å². The lowest BCUT2D eigenvalue weighted by Gasteiger charge is -2.48. The third-order valence-electron chi connectivity index (χ3n) is 9.67. The van der Waals surface area contributed by atoms with Crippen molar-refractivity contribution in [3.05, 3.63) is 120 Å². The Balaban J connectivity index is 1.45. The molecular formula is C38H30N2S. The molecule has 0 saturated carbocycles. The maximum absolute atomic E-state index is 5.42. The Labute approximate surface area is 244 Å². The highest BCUT2D eigenvalue weighted by Gasteiger charge is 2.46. The lowest BCUT2D eigenvalue weighted by Crippen LogP contribution is -2.43. The number of hydrogen-bond donors (Lipinski definition) is 0. The number of hydrogen-bond acceptors (Lipinski definition) is 3. The van der Waals surface area contributed by atoms with Gasteiger partial charge >= 0.3 is 0 Å². The summed E-state index contributed by atoms with van der Waals surface area (Å²) in [5.41, 5.74) is 9.38. The molecule has 0 fully saturated rings. The number of benzene rings is 5. The molecule has 0 N–H and O–H groups in total. The predicted molar refractivity (Wildman–Crippen MR) is 175 cm³/mol. The van der Waals surface area contributed by atoms with Gasteiger partial charge in [-0.1, -0.05) is 125 Å². The molecule has 0 unspecified atom stereocenters. The van der Waals surface area contributed by atoms with Crippen molar-refractivity contribution in [1.82, 2.24) is 9.97 Å². The smallest absolute Gasteiger partial charge is 0.161 e. The first-order valence-electron chi connectivity index (χ1n) is 14.3. The van der Waals surface area contributed by atoms with Gasteiger partial charge in [-0.15, -0.1) is 11.3 Å². The Bertz CT molecular complexity index is 2170. The van der Waals surface area contributed by atoms with Crippen LogP contribution in [0.1, 0.15) is 38.8 Å². The zero-order chi connectivity index (χ0) is 27.9. The Morgan fingerprint density at radius 3 is 2.00 bits per heavy atom. The van der Waals surface area contributed by atoms with E-state index in [0.717, 1.165) is 33.5 Å². The van der Waals surface area contributed by atoms with Crippen LogP contribution in [-0.2, 0) is 10.8 Å². The summed E-state index contributed by atoms with van der Waals surface area (Å²) < 4.78 is 2.57. The lowest BCUT2D eigenvalue weighted by molar-refractivity contribution is 0.299. The summed E-state index contributed by atoms with van der Waals surface area (Å²) in [5, 5.41) is 3.65. The minimum atomic E-state index is -0.0744. The first-order chi connectivity index (χ1) is 19.9. The van der Waals surface area contributed by atoms with Gasteiger partial charge < -0.3 is 0 Å². The minimum Gasteiger partial charge on any atom is -0.228 e. The van der Waals surface area contributed by atoms with Gasteiger partial charge in [0.25, 0.3) is 0 Å². The molecule has 0 amide bonds. The summed E-state index contributed by atoms with van der Waals surface area (Å²) in [7, 11) is 0. The standard InChI is InChI=1S/C38H30N2S/c1-37(2)29-19-8-5-14-25(29)33-27(17-12-20-30(33)38(37,3)4)36-39-31-21-9-6-15-26(31)34(40-36)28-18-11-16-24-23-13-7-10-22-32(23)41-35(24)28/h5-22H,1-4H3. The quantitative estimate of drug-likeness (QED) is 0.215. The number of nitrogens with zero attached hydrogens (tertiary/aromatic N) is 2. The van der Waals surface area contributed by atoms with Gasteiger partial charge in [0, 0.05) is 36.7 Å². The number of thiophene rings is 1. The van der Waals surface area contributed by atoms with Crippen LogP contribution in [0.25, 0.3) is 64.8 Å². The molecule has 0 saturated heterocycles. The van der Waals surface area contributed by atoms with E-state index < -0.39 is 0 Å². The molecule has 1 aliphatic rings. The van der Waals surface area contributed by atoms with Gasteiger partial charge in [-0.3, -0.25) is 0 Å². The van der Waals surface area contributed by atoms with Crippen molar-refractivity contribution in [2.75, 3.05) is 0 Å². The van der Waals surface area contributed by atoms with E-state index in [1.54, 1.807) is 0 Å². The summed E-state index contributed by atoms with van der Waals surface area (Å²) in [6, 6.07) is 39.3. The van der Waals surface area contributed by atoms with Crippen LogP contribution < -0.4 is 0 Å². The molecule has 0 aliphatic heterocycles. The van der Waals surface area contributed by atoms with Gasteiger partial charge in [0.05, 0.1) is 11.2 Å². The summed E-state index contributed by atoms with van der Waals surface area (Å²) >= 11 is 1.85. The molecule has 8 rings (SSSR count). The van der Waals surface area contributed by atoms with Crippen LogP contribution in [-0.4, -0.2) is 9.97 Å². The van der Waals surface area contributed by atoms with Crippen molar-refractivity contribution in [3.8, 4) is 33.8 Å². The van der Waals surface area contributed by atoms with Crippen LogP contribution in [0, 0.1) is 0 Å². The van der Waals surface area contributed by atoms with Crippen LogP contribution in [0.5, 0.6) is 0 Å². The molecule has 2 aromatic heterocycles. The third kappa shape index (κ3) is 3.36. The van der Waals surface area contributed by atoms with Gasteiger partial charge in [0.2, 0.25) is 0 Å². The van der Waals surface area contributed by atoms with Crippen LogP contribution >= 0.6 is 11.3 Å². The molecule has 7 aromatic rings. The van der Waals surface area contributed by atoms with E-state index in [1.165, 1.54) is 42.4 Å². The fraction of sp³-hybridized carbons (Fsp3) is 0.158. The van der Waals surface area contributed by atoms with E-state index >= 15 is 0 Å². The second-order valence-corrected chi connectivity index (χ2v) is 13.3. The van der Waals surface area contributed by atoms with Crippen LogP contribution in [0.3, 0.4) is 0 Å². The molecular weight excluding hydrogens is 516 g/mol. The summed E-state index contributed by atoms with van der Waals surface area (Å²) in [6.45, 7) is 9.50. The monoisotopic (exact) mass is 546 g/mol. The molecule has 2 nitrogen and oxygen atoms in total. The number of aromatic nitrogens is 2. The van der Waals surface area contributed by atoms with E-state index in [1.807, 2.05) is 11.3 Å². The molecule has 5 aromatic carbocycles. The van der Waals surface area contributed by atoms with Crippen molar-refractivity contribution in [2.45, 2.75) is 38.5 Å². The highest BCUT2D eigenvalue weighted by molar-refractivity contribution is 7.26. The van der Waals surface area contributed by atoms with Crippen molar-refractivity contribution >= 4 is 42.4 Å². The second-order valence-electron chi connectivity index (χ2n) is 12.2. The van der Waals surface area contributed by atoms with Gasteiger partial charge in [0.1, 0.15) is 0 Å². The van der Waals surface area contributed by atoms with Gasteiger partial charge in [-0.25, -0.2) is 9.97 Å². The Kier molecular flexibility index (Phi) is 5.12. The van der Waals surface area contributed by atoms with Crippen LogP contribution in [0.2, 0.25) is 0 Å². The number of fused-ring (bicyclic) bond motifs is 7. The van der Waals surface area contributed by atoms with Gasteiger partial charge in [-0.2, -0.15) is 0 Å². The molecule has 0 spiro atoms. The zero-order valence-electron chi connectivity index (χ0n) is 23.7. The van der Waals surface area contributed by atoms with Crippen molar-refractivity contribution < 1.29 is 0 Å². The maximum atomic E-state index is 5.42. The first kappa shape index (κ1) is 24.5. The van der Waals surface area contributed by atoms with Gasteiger partial charge in [0.15, 0.2) is 5.82 Å². The molecule has 0 radical (unpaired) electrons. The highest BCUT2D eigenvalue weighted by atomic mass is 32.1. The summed E-state index contributed by atoms with van der Waals surface area (Å²) in [4.78, 5) is 10.6.